The van der Waals surface area contributed by atoms with Gasteiger partial charge in [-0.05, 0) is 38.6 Å². The van der Waals surface area contributed by atoms with Crippen LogP contribution in [0.2, 0.25) is 0 Å². The molecule has 1 aromatic heterocycles. The summed E-state index contributed by atoms with van der Waals surface area (Å²) in [4.78, 5) is 4.55. The van der Waals surface area contributed by atoms with Crippen molar-refractivity contribution >= 4 is 11.3 Å². The van der Waals surface area contributed by atoms with Gasteiger partial charge in [0.15, 0.2) is 0 Å². The molecule has 0 fully saturated rings. The van der Waals surface area contributed by atoms with Crippen LogP contribution in [0.5, 0.6) is 5.75 Å². The lowest BCUT2D eigenvalue weighted by Gasteiger charge is -2.15. The van der Waals surface area contributed by atoms with Crippen LogP contribution in [0.15, 0.2) is 29.6 Å². The molecule has 18 heavy (non-hydrogen) atoms. The molecule has 0 saturated heterocycles. The van der Waals surface area contributed by atoms with E-state index in [1.165, 1.54) is 5.56 Å². The van der Waals surface area contributed by atoms with Gasteiger partial charge >= 0.3 is 0 Å². The fourth-order valence-electron chi connectivity index (χ4n) is 1.95. The Bertz CT molecular complexity index is 510. The summed E-state index contributed by atoms with van der Waals surface area (Å²) in [6.07, 6.45) is 0. The molecule has 1 unspecified atom stereocenters. The molecular formula is C14H18N2OS. The number of hydrogen-bond acceptors (Lipinski definition) is 4. The van der Waals surface area contributed by atoms with Crippen molar-refractivity contribution in [1.82, 2.24) is 10.3 Å². The second-order valence-corrected chi connectivity index (χ2v) is 5.08. The van der Waals surface area contributed by atoms with Crippen molar-refractivity contribution in [2.45, 2.75) is 19.9 Å². The van der Waals surface area contributed by atoms with E-state index >= 15 is 0 Å². The van der Waals surface area contributed by atoms with Crippen LogP contribution in [-0.4, -0.2) is 18.6 Å². The molecule has 1 heterocycles. The molecule has 0 aliphatic heterocycles. The highest BCUT2D eigenvalue weighted by atomic mass is 32.1. The van der Waals surface area contributed by atoms with Gasteiger partial charge in [-0.3, -0.25) is 0 Å². The predicted octanol–water partition coefficient (Wildman–Crippen LogP) is 3.16. The number of thiazole rings is 1. The lowest BCUT2D eigenvalue weighted by Crippen LogP contribution is -2.18. The number of nitrogens with zero attached hydrogens (tertiary/aromatic N) is 1. The van der Waals surface area contributed by atoms with Crippen LogP contribution in [0.25, 0.3) is 0 Å². The number of aryl methyl sites for hydroxylation is 1. The van der Waals surface area contributed by atoms with Gasteiger partial charge in [0.1, 0.15) is 5.75 Å². The minimum atomic E-state index is 0.121. The molecule has 3 nitrogen and oxygen atoms in total. The average molecular weight is 262 g/mol. The van der Waals surface area contributed by atoms with Crippen LogP contribution >= 0.6 is 11.3 Å². The Kier molecular flexibility index (Phi) is 4.33. The molecule has 0 aliphatic carbocycles. The number of hydrogen-bond donors (Lipinski definition) is 1. The van der Waals surface area contributed by atoms with Crippen molar-refractivity contribution in [1.29, 1.82) is 0 Å². The molecule has 1 aromatic carbocycles. The Morgan fingerprint density at radius 2 is 2.28 bits per heavy atom. The van der Waals surface area contributed by atoms with Gasteiger partial charge in [0.25, 0.3) is 0 Å². The average Bonchev–Trinajstić information content (AvgIpc) is 2.78. The summed E-state index contributed by atoms with van der Waals surface area (Å²) in [5, 5.41) is 6.50. The summed E-state index contributed by atoms with van der Waals surface area (Å²) in [6, 6.07) is 8.28. The van der Waals surface area contributed by atoms with Crippen LogP contribution in [0.4, 0.5) is 0 Å². The van der Waals surface area contributed by atoms with E-state index in [0.29, 0.717) is 6.61 Å². The molecule has 0 spiro atoms. The number of benzene rings is 1. The molecule has 0 radical (unpaired) electrons. The van der Waals surface area contributed by atoms with Crippen LogP contribution in [0.3, 0.4) is 0 Å². The Labute approximate surface area is 112 Å². The normalized spacial score (nSPS) is 12.4. The maximum absolute atomic E-state index is 5.54. The molecule has 1 N–H and O–H groups in total. The van der Waals surface area contributed by atoms with Gasteiger partial charge in [-0.15, -0.1) is 11.3 Å². The molecule has 2 rings (SSSR count). The fourth-order valence-corrected chi connectivity index (χ4v) is 2.59. The van der Waals surface area contributed by atoms with Crippen molar-refractivity contribution in [3.63, 3.8) is 0 Å². The Morgan fingerprint density at radius 3 is 2.89 bits per heavy atom. The van der Waals surface area contributed by atoms with Crippen molar-refractivity contribution in [3.05, 3.63) is 45.9 Å². The Balaban J connectivity index is 2.29. The van der Waals surface area contributed by atoms with E-state index in [9.17, 15) is 0 Å². The summed E-state index contributed by atoms with van der Waals surface area (Å²) >= 11 is 1.67. The van der Waals surface area contributed by atoms with Crippen molar-refractivity contribution in [3.8, 4) is 5.75 Å². The van der Waals surface area contributed by atoms with E-state index < -0.39 is 0 Å². The maximum Gasteiger partial charge on any atom is 0.119 e. The third-order valence-corrected chi connectivity index (χ3v) is 3.52. The zero-order valence-electron chi connectivity index (χ0n) is 10.9. The summed E-state index contributed by atoms with van der Waals surface area (Å²) in [7, 11) is 1.95. The fraction of sp³-hybridized carbons (Fsp3) is 0.357. The quantitative estimate of drug-likeness (QED) is 0.898. The molecule has 4 heteroatoms. The lowest BCUT2D eigenvalue weighted by molar-refractivity contribution is 0.339. The minimum absolute atomic E-state index is 0.121. The standard InChI is InChI=1S/C14H18N2OS/c1-4-17-12-7-5-6-11(8-12)14(15-3)13-9-18-10(2)16-13/h5-9,14-15H,4H2,1-3H3. The molecule has 0 saturated carbocycles. The van der Waals surface area contributed by atoms with E-state index in [1.807, 2.05) is 33.0 Å². The first-order valence-corrected chi connectivity index (χ1v) is 6.94. The van der Waals surface area contributed by atoms with Crippen molar-refractivity contribution in [2.24, 2.45) is 0 Å². The van der Waals surface area contributed by atoms with E-state index in [2.05, 4.69) is 27.8 Å². The van der Waals surface area contributed by atoms with Crippen LogP contribution in [0, 0.1) is 6.92 Å². The van der Waals surface area contributed by atoms with Gasteiger partial charge in [-0.1, -0.05) is 12.1 Å². The highest BCUT2D eigenvalue weighted by molar-refractivity contribution is 7.09. The number of aromatic nitrogens is 1. The number of nitrogens with one attached hydrogen (secondary N) is 1. The van der Waals surface area contributed by atoms with E-state index in [-0.39, 0.29) is 6.04 Å². The first kappa shape index (κ1) is 13.1. The topological polar surface area (TPSA) is 34.1 Å². The Hall–Kier alpha value is -1.39. The summed E-state index contributed by atoms with van der Waals surface area (Å²) in [5.74, 6) is 0.905. The summed E-state index contributed by atoms with van der Waals surface area (Å²) in [6.45, 7) is 4.70. The molecule has 2 aromatic rings. The second kappa shape index (κ2) is 5.98. The smallest absolute Gasteiger partial charge is 0.119 e. The monoisotopic (exact) mass is 262 g/mol. The van der Waals surface area contributed by atoms with Gasteiger partial charge in [0.05, 0.1) is 23.4 Å². The molecular weight excluding hydrogens is 244 g/mol. The van der Waals surface area contributed by atoms with Gasteiger partial charge in [-0.2, -0.15) is 0 Å². The predicted molar refractivity (Wildman–Crippen MR) is 75.4 cm³/mol. The lowest BCUT2D eigenvalue weighted by atomic mass is 10.0. The highest BCUT2D eigenvalue weighted by Gasteiger charge is 2.15. The van der Waals surface area contributed by atoms with Gasteiger partial charge in [0, 0.05) is 5.38 Å². The molecule has 0 bridgehead atoms. The van der Waals surface area contributed by atoms with E-state index in [1.54, 1.807) is 11.3 Å². The molecule has 1 atom stereocenters. The van der Waals surface area contributed by atoms with E-state index in [0.717, 1.165) is 16.5 Å². The number of ether oxygens (including phenoxy) is 1. The molecule has 0 amide bonds. The third kappa shape index (κ3) is 2.89. The van der Waals surface area contributed by atoms with Gasteiger partial charge < -0.3 is 10.1 Å². The molecule has 96 valence electrons. The SMILES string of the molecule is CCOc1cccc(C(NC)c2csc(C)n2)c1. The van der Waals surface area contributed by atoms with Gasteiger partial charge in [0.2, 0.25) is 0 Å². The Morgan fingerprint density at radius 1 is 1.44 bits per heavy atom. The summed E-state index contributed by atoms with van der Waals surface area (Å²) < 4.78 is 5.54. The maximum atomic E-state index is 5.54. The first-order valence-electron chi connectivity index (χ1n) is 6.06. The van der Waals surface area contributed by atoms with Crippen molar-refractivity contribution in [2.75, 3.05) is 13.7 Å². The van der Waals surface area contributed by atoms with E-state index in [4.69, 9.17) is 4.74 Å². The first-order chi connectivity index (χ1) is 8.74. The highest BCUT2D eigenvalue weighted by Crippen LogP contribution is 2.25. The minimum Gasteiger partial charge on any atom is -0.494 e. The van der Waals surface area contributed by atoms with Gasteiger partial charge in [-0.25, -0.2) is 4.98 Å². The van der Waals surface area contributed by atoms with Crippen LogP contribution in [0.1, 0.15) is 29.2 Å². The van der Waals surface area contributed by atoms with Crippen LogP contribution < -0.4 is 10.1 Å². The zero-order chi connectivity index (χ0) is 13.0. The zero-order valence-corrected chi connectivity index (χ0v) is 11.8. The van der Waals surface area contributed by atoms with Crippen molar-refractivity contribution < 1.29 is 4.74 Å². The molecule has 0 aliphatic rings. The largest absolute Gasteiger partial charge is 0.494 e. The summed E-state index contributed by atoms with van der Waals surface area (Å²) in [5.41, 5.74) is 2.24. The number of rotatable bonds is 5. The van der Waals surface area contributed by atoms with Crippen LogP contribution in [-0.2, 0) is 0 Å². The second-order valence-electron chi connectivity index (χ2n) is 4.02. The third-order valence-electron chi connectivity index (χ3n) is 2.72.